The summed E-state index contributed by atoms with van der Waals surface area (Å²) in [7, 11) is 0. The first kappa shape index (κ1) is 13.6. The zero-order chi connectivity index (χ0) is 13.8. The topological polar surface area (TPSA) is 29.1 Å². The maximum Gasteiger partial charge on any atom is 0.224 e. The van der Waals surface area contributed by atoms with Crippen molar-refractivity contribution in [3.8, 4) is 0 Å². The van der Waals surface area contributed by atoms with Crippen LogP contribution in [-0.4, -0.2) is 5.91 Å². The molecule has 0 spiro atoms. The summed E-state index contributed by atoms with van der Waals surface area (Å²) in [6.07, 6.45) is 7.13. The summed E-state index contributed by atoms with van der Waals surface area (Å²) < 4.78 is 0. The molecular formula is C16H17NOS2. The normalized spacial score (nSPS) is 19.7. The Hall–Kier alpha value is -1.39. The van der Waals surface area contributed by atoms with Gasteiger partial charge in [-0.3, -0.25) is 4.79 Å². The van der Waals surface area contributed by atoms with Gasteiger partial charge < -0.3 is 5.32 Å². The molecule has 1 N–H and O–H groups in total. The number of hydrogen-bond donors (Lipinski definition) is 1. The van der Waals surface area contributed by atoms with E-state index in [1.165, 1.54) is 10.4 Å². The Morgan fingerprint density at radius 2 is 2.25 bits per heavy atom. The number of amides is 1. The number of carbonyl (C=O) groups is 1. The molecule has 0 aliphatic heterocycles. The molecule has 3 rings (SSSR count). The molecule has 1 amide bonds. The van der Waals surface area contributed by atoms with E-state index in [9.17, 15) is 4.79 Å². The summed E-state index contributed by atoms with van der Waals surface area (Å²) in [5, 5.41) is 9.47. The second kappa shape index (κ2) is 6.37. The molecule has 1 aliphatic rings. The molecule has 2 atom stereocenters. The minimum absolute atomic E-state index is 0.000318. The van der Waals surface area contributed by atoms with Crippen LogP contribution in [0, 0.1) is 5.92 Å². The zero-order valence-electron chi connectivity index (χ0n) is 11.1. The van der Waals surface area contributed by atoms with Crippen LogP contribution in [0.5, 0.6) is 0 Å². The molecule has 0 bridgehead atoms. The van der Waals surface area contributed by atoms with Gasteiger partial charge in [0.15, 0.2) is 0 Å². The molecule has 2 heterocycles. The third-order valence-corrected chi connectivity index (χ3v) is 5.27. The van der Waals surface area contributed by atoms with E-state index < -0.39 is 0 Å². The van der Waals surface area contributed by atoms with E-state index in [0.29, 0.717) is 0 Å². The fourth-order valence-electron chi connectivity index (χ4n) is 2.51. The Bertz CT molecular complexity index is 537. The van der Waals surface area contributed by atoms with Crippen molar-refractivity contribution in [3.05, 3.63) is 56.9 Å². The van der Waals surface area contributed by atoms with E-state index in [0.717, 1.165) is 19.3 Å². The largest absolute Gasteiger partial charge is 0.344 e. The fourth-order valence-corrected chi connectivity index (χ4v) is 3.99. The smallest absolute Gasteiger partial charge is 0.224 e. The first-order valence-electron chi connectivity index (χ1n) is 6.85. The minimum atomic E-state index is -0.000318. The molecule has 2 aromatic rings. The van der Waals surface area contributed by atoms with E-state index in [1.54, 1.807) is 22.7 Å². The lowest BCUT2D eigenvalue weighted by Gasteiger charge is -2.22. The number of allylic oxidation sites excluding steroid dienone is 2. The summed E-state index contributed by atoms with van der Waals surface area (Å²) in [6.45, 7) is 0. The Balaban J connectivity index is 1.77. The molecule has 0 radical (unpaired) electrons. The van der Waals surface area contributed by atoms with Gasteiger partial charge in [-0.15, -0.1) is 11.3 Å². The molecule has 0 saturated carbocycles. The lowest BCUT2D eigenvalue weighted by molar-refractivity contribution is -0.125. The average Bonchev–Trinajstić information content (AvgIpc) is 3.19. The molecule has 0 unspecified atom stereocenters. The number of carbonyl (C=O) groups excluding carboxylic acids is 1. The first-order valence-corrected chi connectivity index (χ1v) is 8.67. The molecule has 0 fully saturated rings. The fraction of sp³-hybridized carbons (Fsp3) is 0.312. The van der Waals surface area contributed by atoms with Crippen molar-refractivity contribution in [2.45, 2.75) is 25.3 Å². The van der Waals surface area contributed by atoms with Crippen LogP contribution in [0.2, 0.25) is 0 Å². The summed E-state index contributed by atoms with van der Waals surface area (Å²) in [5.74, 6) is 0.306. The van der Waals surface area contributed by atoms with Crippen LogP contribution >= 0.6 is 22.7 Å². The molecule has 0 aromatic carbocycles. The van der Waals surface area contributed by atoms with Gasteiger partial charge in [-0.2, -0.15) is 11.3 Å². The van der Waals surface area contributed by atoms with Gasteiger partial charge in [-0.05, 0) is 53.1 Å². The van der Waals surface area contributed by atoms with E-state index >= 15 is 0 Å². The lowest BCUT2D eigenvalue weighted by Crippen LogP contribution is -2.34. The van der Waals surface area contributed by atoms with Crippen LogP contribution in [0.3, 0.4) is 0 Å². The van der Waals surface area contributed by atoms with Gasteiger partial charge in [-0.25, -0.2) is 0 Å². The van der Waals surface area contributed by atoms with Crippen molar-refractivity contribution in [2.75, 3.05) is 0 Å². The maximum absolute atomic E-state index is 12.5. The molecule has 2 nitrogen and oxygen atoms in total. The van der Waals surface area contributed by atoms with Crippen molar-refractivity contribution >= 4 is 28.6 Å². The van der Waals surface area contributed by atoms with Crippen molar-refractivity contribution in [1.29, 1.82) is 0 Å². The van der Waals surface area contributed by atoms with E-state index in [2.05, 4.69) is 45.7 Å². The Labute approximate surface area is 127 Å². The van der Waals surface area contributed by atoms with Crippen LogP contribution in [-0.2, 0) is 4.79 Å². The Morgan fingerprint density at radius 3 is 2.90 bits per heavy atom. The van der Waals surface area contributed by atoms with Gasteiger partial charge in [0.25, 0.3) is 0 Å². The predicted molar refractivity (Wildman–Crippen MR) is 85.1 cm³/mol. The third kappa shape index (κ3) is 3.02. The van der Waals surface area contributed by atoms with Crippen molar-refractivity contribution in [3.63, 3.8) is 0 Å². The van der Waals surface area contributed by atoms with Gasteiger partial charge in [0.2, 0.25) is 5.91 Å². The second-order valence-electron chi connectivity index (χ2n) is 5.00. The van der Waals surface area contributed by atoms with Crippen LogP contribution < -0.4 is 5.32 Å². The van der Waals surface area contributed by atoms with Crippen LogP contribution in [0.4, 0.5) is 0 Å². The van der Waals surface area contributed by atoms with Gasteiger partial charge >= 0.3 is 0 Å². The highest BCUT2D eigenvalue weighted by atomic mass is 32.1. The number of thiophene rings is 2. The summed E-state index contributed by atoms with van der Waals surface area (Å²) in [6, 6.07) is 6.22. The minimum Gasteiger partial charge on any atom is -0.344 e. The average molecular weight is 303 g/mol. The van der Waals surface area contributed by atoms with Gasteiger partial charge in [0, 0.05) is 10.8 Å². The molecule has 0 saturated heterocycles. The highest BCUT2D eigenvalue weighted by Gasteiger charge is 2.24. The first-order chi connectivity index (χ1) is 9.84. The molecule has 20 heavy (non-hydrogen) atoms. The van der Waals surface area contributed by atoms with Gasteiger partial charge in [-0.1, -0.05) is 18.2 Å². The van der Waals surface area contributed by atoms with Crippen molar-refractivity contribution in [2.24, 2.45) is 5.92 Å². The monoisotopic (exact) mass is 303 g/mol. The molecular weight excluding hydrogens is 286 g/mol. The SMILES string of the molecule is O=C(N[C@@H](c1ccsc1)c1cccs1)[C@H]1CC=CCC1. The van der Waals surface area contributed by atoms with Crippen molar-refractivity contribution in [1.82, 2.24) is 5.32 Å². The lowest BCUT2D eigenvalue weighted by atomic mass is 9.93. The van der Waals surface area contributed by atoms with Gasteiger partial charge in [0.1, 0.15) is 0 Å². The quantitative estimate of drug-likeness (QED) is 0.835. The van der Waals surface area contributed by atoms with Gasteiger partial charge in [0.05, 0.1) is 6.04 Å². The van der Waals surface area contributed by atoms with Crippen LogP contribution in [0.15, 0.2) is 46.5 Å². The molecule has 2 aromatic heterocycles. The summed E-state index contributed by atoms with van der Waals surface area (Å²) in [4.78, 5) is 13.7. The highest BCUT2D eigenvalue weighted by molar-refractivity contribution is 7.10. The summed E-state index contributed by atoms with van der Waals surface area (Å²) in [5.41, 5.74) is 1.18. The van der Waals surface area contributed by atoms with E-state index in [-0.39, 0.29) is 17.9 Å². The Morgan fingerprint density at radius 1 is 1.30 bits per heavy atom. The third-order valence-electron chi connectivity index (χ3n) is 3.63. The number of nitrogens with one attached hydrogen (secondary N) is 1. The summed E-state index contributed by atoms with van der Waals surface area (Å²) >= 11 is 3.36. The Kier molecular flexibility index (Phi) is 4.33. The van der Waals surface area contributed by atoms with E-state index in [1.807, 2.05) is 6.07 Å². The standard InChI is InChI=1S/C16H17NOS2/c18-16(12-5-2-1-3-6-12)17-15(13-8-10-19-11-13)14-7-4-9-20-14/h1-2,4,7-12,15H,3,5-6H2,(H,17,18)/t12-,15-/m0/s1. The highest BCUT2D eigenvalue weighted by Crippen LogP contribution is 2.29. The predicted octanol–water partition coefficient (Wildman–Crippen LogP) is 4.37. The zero-order valence-corrected chi connectivity index (χ0v) is 12.8. The number of rotatable bonds is 4. The van der Waals surface area contributed by atoms with E-state index in [4.69, 9.17) is 0 Å². The number of hydrogen-bond acceptors (Lipinski definition) is 3. The molecule has 1 aliphatic carbocycles. The van der Waals surface area contributed by atoms with Crippen LogP contribution in [0.25, 0.3) is 0 Å². The maximum atomic E-state index is 12.5. The molecule has 4 heteroatoms. The van der Waals surface area contributed by atoms with Crippen molar-refractivity contribution < 1.29 is 4.79 Å². The van der Waals surface area contributed by atoms with Crippen LogP contribution in [0.1, 0.15) is 35.7 Å². The molecule has 104 valence electrons. The second-order valence-corrected chi connectivity index (χ2v) is 6.75.